The molecule has 5 rings (SSSR count). The van der Waals surface area contributed by atoms with Crippen molar-refractivity contribution in [2.45, 2.75) is 49.9 Å². The molecule has 1 aliphatic carbocycles. The fourth-order valence-electron chi connectivity index (χ4n) is 4.78. The summed E-state index contributed by atoms with van der Waals surface area (Å²) >= 11 is 0. The molecule has 2 fully saturated rings. The Balaban J connectivity index is 1.36. The van der Waals surface area contributed by atoms with Crippen molar-refractivity contribution in [2.75, 3.05) is 6.54 Å². The summed E-state index contributed by atoms with van der Waals surface area (Å²) in [5.41, 5.74) is 1.57. The second kappa shape index (κ2) is 10.1. The lowest BCUT2D eigenvalue weighted by Gasteiger charge is -2.27. The average molecular weight is 493 g/mol. The summed E-state index contributed by atoms with van der Waals surface area (Å²) in [6.45, 7) is -0.232. The maximum Gasteiger partial charge on any atom is 0.253 e. The number of benzene rings is 1. The number of hydrogen-bond acceptors (Lipinski definition) is 4. The van der Waals surface area contributed by atoms with Crippen LogP contribution in [0.15, 0.2) is 59.6 Å². The Morgan fingerprint density at radius 2 is 1.92 bits per heavy atom. The number of carbonyl (C=O) groups excluding carboxylic acids is 3. The Hall–Kier alpha value is -3.75. The molecule has 1 aromatic carbocycles. The number of aromatic nitrogens is 1. The second-order valence-corrected chi connectivity index (χ2v) is 9.45. The van der Waals surface area contributed by atoms with Crippen LogP contribution in [0.1, 0.15) is 54.5 Å². The van der Waals surface area contributed by atoms with E-state index in [1.807, 2.05) is 6.07 Å². The van der Waals surface area contributed by atoms with Crippen molar-refractivity contribution in [1.82, 2.24) is 15.2 Å². The molecule has 1 aromatic heterocycles. The lowest BCUT2D eigenvalue weighted by atomic mass is 10.0. The van der Waals surface area contributed by atoms with Crippen LogP contribution in [0.25, 0.3) is 0 Å². The highest BCUT2D eigenvalue weighted by Gasteiger charge is 2.41. The van der Waals surface area contributed by atoms with Gasteiger partial charge in [0.15, 0.2) is 0 Å². The number of amides is 3. The molecule has 0 bridgehead atoms. The van der Waals surface area contributed by atoms with E-state index >= 15 is 0 Å². The van der Waals surface area contributed by atoms with Crippen LogP contribution in [0.3, 0.4) is 0 Å². The Kier molecular flexibility index (Phi) is 6.71. The number of likely N-dealkylation sites (tertiary alicyclic amines) is 1. The van der Waals surface area contributed by atoms with Gasteiger partial charge in [0.2, 0.25) is 17.8 Å². The highest BCUT2D eigenvalue weighted by molar-refractivity contribution is 5.97. The van der Waals surface area contributed by atoms with Crippen molar-refractivity contribution in [3.05, 3.63) is 77.4 Å². The fourth-order valence-corrected chi connectivity index (χ4v) is 4.78. The number of carbonyl (C=O) groups is 3. The van der Waals surface area contributed by atoms with Crippen LogP contribution < -0.4 is 5.32 Å². The zero-order valence-electron chi connectivity index (χ0n) is 19.5. The van der Waals surface area contributed by atoms with E-state index < -0.39 is 47.8 Å². The number of alkyl halides is 1. The summed E-state index contributed by atoms with van der Waals surface area (Å²) in [5, 5.41) is 2.87. The predicted molar refractivity (Wildman–Crippen MR) is 128 cm³/mol. The Morgan fingerprint density at radius 3 is 2.61 bits per heavy atom. The minimum Gasteiger partial charge on any atom is -0.342 e. The summed E-state index contributed by atoms with van der Waals surface area (Å²) in [5.74, 6) is -2.61. The smallest absolute Gasteiger partial charge is 0.253 e. The van der Waals surface area contributed by atoms with E-state index in [-0.39, 0.29) is 25.3 Å². The first-order valence-corrected chi connectivity index (χ1v) is 12.1. The highest BCUT2D eigenvalue weighted by Crippen LogP contribution is 2.41. The molecule has 4 atom stereocenters. The van der Waals surface area contributed by atoms with Gasteiger partial charge in [-0.05, 0) is 36.5 Å². The summed E-state index contributed by atoms with van der Waals surface area (Å²) in [6.07, 6.45) is 4.64. The van der Waals surface area contributed by atoms with E-state index in [9.17, 15) is 23.2 Å². The minimum atomic E-state index is -1.37. The van der Waals surface area contributed by atoms with Gasteiger partial charge in [-0.1, -0.05) is 42.5 Å². The molecule has 1 unspecified atom stereocenters. The molecule has 1 saturated heterocycles. The summed E-state index contributed by atoms with van der Waals surface area (Å²) in [6, 6.07) is 10.6. The van der Waals surface area contributed by atoms with Crippen LogP contribution in [0, 0.1) is 11.9 Å². The third-order valence-corrected chi connectivity index (χ3v) is 6.85. The van der Waals surface area contributed by atoms with Crippen LogP contribution in [0.4, 0.5) is 8.78 Å². The maximum atomic E-state index is 14.8. The highest BCUT2D eigenvalue weighted by atomic mass is 19.1. The van der Waals surface area contributed by atoms with Crippen molar-refractivity contribution in [2.24, 2.45) is 10.9 Å². The van der Waals surface area contributed by atoms with Crippen LogP contribution in [-0.4, -0.2) is 52.6 Å². The first kappa shape index (κ1) is 24.0. The first-order chi connectivity index (χ1) is 17.4. The molecule has 2 aromatic rings. The minimum absolute atomic E-state index is 0.159. The van der Waals surface area contributed by atoms with Crippen LogP contribution in [0.5, 0.6) is 0 Å². The molecule has 1 N–H and O–H groups in total. The quantitative estimate of drug-likeness (QED) is 0.600. The van der Waals surface area contributed by atoms with Gasteiger partial charge in [-0.3, -0.25) is 14.4 Å². The standard InChI is InChI=1S/C27H26F2N4O3/c28-19-14-22(33(15-19)23(34)13-18-7-4-12-30-26(18)35)27(36)32-24(17-5-2-1-3-6-17)21-11-10-20(16-8-9-16)25(29)31-21/h1-7,10-12,16,18-19,22,24H,8-9,13-15H2,(H,32,36)/t18?,19-,22+,24+/m1/s1. The summed E-state index contributed by atoms with van der Waals surface area (Å²) < 4.78 is 29.2. The number of rotatable bonds is 7. The van der Waals surface area contributed by atoms with E-state index in [2.05, 4.69) is 15.3 Å². The van der Waals surface area contributed by atoms with Crippen molar-refractivity contribution >= 4 is 23.9 Å². The molecule has 9 heteroatoms. The molecule has 3 heterocycles. The number of halogens is 2. The third kappa shape index (κ3) is 5.10. The molecule has 36 heavy (non-hydrogen) atoms. The molecule has 0 spiro atoms. The number of nitrogens with one attached hydrogen (secondary N) is 1. The van der Waals surface area contributed by atoms with Crippen molar-refractivity contribution < 1.29 is 23.2 Å². The van der Waals surface area contributed by atoms with Gasteiger partial charge >= 0.3 is 0 Å². The van der Waals surface area contributed by atoms with Crippen LogP contribution in [-0.2, 0) is 14.4 Å². The summed E-state index contributed by atoms with van der Waals surface area (Å²) in [7, 11) is 0. The first-order valence-electron chi connectivity index (χ1n) is 12.1. The normalized spacial score (nSPS) is 24.1. The molecular formula is C27H26F2N4O3. The lowest BCUT2D eigenvalue weighted by Crippen LogP contribution is -2.47. The Labute approximate surface area is 207 Å². The maximum absolute atomic E-state index is 14.8. The molecule has 186 valence electrons. The predicted octanol–water partition coefficient (Wildman–Crippen LogP) is 3.42. The van der Waals surface area contributed by atoms with E-state index in [1.165, 1.54) is 11.1 Å². The second-order valence-electron chi connectivity index (χ2n) is 9.45. The topological polar surface area (TPSA) is 91.7 Å². The van der Waals surface area contributed by atoms with Crippen molar-refractivity contribution in [1.29, 1.82) is 0 Å². The molecule has 2 aliphatic heterocycles. The van der Waals surface area contributed by atoms with Crippen LogP contribution >= 0.6 is 0 Å². The number of hydrogen-bond donors (Lipinski definition) is 1. The molecule has 1 saturated carbocycles. The summed E-state index contributed by atoms with van der Waals surface area (Å²) in [4.78, 5) is 47.4. The zero-order chi connectivity index (χ0) is 25.2. The van der Waals surface area contributed by atoms with Gasteiger partial charge in [-0.25, -0.2) is 14.4 Å². The lowest BCUT2D eigenvalue weighted by molar-refractivity contribution is -0.140. The van der Waals surface area contributed by atoms with Gasteiger partial charge in [-0.15, -0.1) is 0 Å². The van der Waals surface area contributed by atoms with Gasteiger partial charge in [0.1, 0.15) is 12.2 Å². The SMILES string of the molecule is O=C1N=CC=CC1CC(=O)N1C[C@H](F)C[C@H]1C(=O)N[C@@H](c1ccccc1)c1ccc(C2CC2)c(F)n1. The van der Waals surface area contributed by atoms with E-state index in [4.69, 9.17) is 0 Å². The number of allylic oxidation sites excluding steroid dienone is 1. The van der Waals surface area contributed by atoms with E-state index in [0.29, 0.717) is 16.8 Å². The van der Waals surface area contributed by atoms with Gasteiger partial charge < -0.3 is 10.2 Å². The fraction of sp³-hybridized carbons (Fsp3) is 0.370. The monoisotopic (exact) mass is 492 g/mol. The zero-order valence-corrected chi connectivity index (χ0v) is 19.5. The van der Waals surface area contributed by atoms with Crippen molar-refractivity contribution in [3.8, 4) is 0 Å². The molecule has 7 nitrogen and oxygen atoms in total. The Bertz CT molecular complexity index is 1230. The largest absolute Gasteiger partial charge is 0.342 e. The van der Waals surface area contributed by atoms with Gasteiger partial charge in [0.25, 0.3) is 5.91 Å². The van der Waals surface area contributed by atoms with Crippen molar-refractivity contribution in [3.63, 3.8) is 0 Å². The van der Waals surface area contributed by atoms with Crippen LogP contribution in [0.2, 0.25) is 0 Å². The van der Waals surface area contributed by atoms with Gasteiger partial charge in [0.05, 0.1) is 24.2 Å². The van der Waals surface area contributed by atoms with E-state index in [0.717, 1.165) is 12.8 Å². The Morgan fingerprint density at radius 1 is 1.14 bits per heavy atom. The third-order valence-electron chi connectivity index (χ3n) is 6.85. The number of pyridine rings is 1. The number of dihydropyridines is 1. The molecule has 3 amide bonds. The van der Waals surface area contributed by atoms with Gasteiger partial charge in [0, 0.05) is 24.6 Å². The van der Waals surface area contributed by atoms with E-state index in [1.54, 1.807) is 48.6 Å². The average Bonchev–Trinajstić information content (AvgIpc) is 3.64. The number of nitrogens with zero attached hydrogens (tertiary/aromatic N) is 3. The molecular weight excluding hydrogens is 466 g/mol. The van der Waals surface area contributed by atoms with Gasteiger partial charge in [-0.2, -0.15) is 4.39 Å². The molecule has 0 radical (unpaired) electrons. The number of aliphatic imine (C=N–C) groups is 1. The molecule has 3 aliphatic rings.